The Balaban J connectivity index is 1.65. The highest BCUT2D eigenvalue weighted by Gasteiger charge is 1.96. The zero-order chi connectivity index (χ0) is 14.0. The number of aromatic nitrogens is 3. The first-order valence-corrected chi connectivity index (χ1v) is 7.28. The number of hydrogen-bond acceptors (Lipinski definition) is 4. The third kappa shape index (κ3) is 4.91. The molecule has 2 aromatic rings. The van der Waals surface area contributed by atoms with Gasteiger partial charge >= 0.3 is 0 Å². The Morgan fingerprint density at radius 2 is 2.10 bits per heavy atom. The van der Waals surface area contributed by atoms with Crippen LogP contribution >= 0.6 is 0 Å². The molecule has 20 heavy (non-hydrogen) atoms. The molecule has 0 radical (unpaired) electrons. The molecular formula is C15H23N5. The highest BCUT2D eigenvalue weighted by atomic mass is 15.0. The molecule has 0 saturated heterocycles. The number of rotatable bonds is 9. The molecule has 0 amide bonds. The van der Waals surface area contributed by atoms with Gasteiger partial charge < -0.3 is 15.2 Å². The summed E-state index contributed by atoms with van der Waals surface area (Å²) >= 11 is 0. The highest BCUT2D eigenvalue weighted by Crippen LogP contribution is 2.12. The molecule has 0 aliphatic rings. The van der Waals surface area contributed by atoms with Gasteiger partial charge in [0.15, 0.2) is 0 Å². The van der Waals surface area contributed by atoms with Crippen molar-refractivity contribution < 1.29 is 0 Å². The van der Waals surface area contributed by atoms with E-state index >= 15 is 0 Å². The maximum atomic E-state index is 4.29. The van der Waals surface area contributed by atoms with Crippen LogP contribution in [0.2, 0.25) is 0 Å². The van der Waals surface area contributed by atoms with Crippen LogP contribution in [0.15, 0.2) is 37.1 Å². The topological polar surface area (TPSA) is 54.8 Å². The monoisotopic (exact) mass is 273 g/mol. The predicted molar refractivity (Wildman–Crippen MR) is 83.0 cm³/mol. The van der Waals surface area contributed by atoms with E-state index in [1.54, 1.807) is 0 Å². The van der Waals surface area contributed by atoms with E-state index in [1.807, 2.05) is 31.0 Å². The summed E-state index contributed by atoms with van der Waals surface area (Å²) < 4.78 is 2.11. The maximum absolute atomic E-state index is 4.29. The van der Waals surface area contributed by atoms with Crippen molar-refractivity contribution in [3.8, 4) is 0 Å². The van der Waals surface area contributed by atoms with Crippen LogP contribution in [0.3, 0.4) is 0 Å². The normalized spacial score (nSPS) is 10.4. The number of nitrogens with one attached hydrogen (secondary N) is 2. The molecule has 108 valence electrons. The number of nitrogens with zero attached hydrogens (tertiary/aromatic N) is 3. The van der Waals surface area contributed by atoms with Crippen LogP contribution in [0.5, 0.6) is 0 Å². The van der Waals surface area contributed by atoms with Gasteiger partial charge in [0.05, 0.1) is 6.33 Å². The van der Waals surface area contributed by atoms with Crippen molar-refractivity contribution in [2.24, 2.45) is 0 Å². The van der Waals surface area contributed by atoms with E-state index in [-0.39, 0.29) is 0 Å². The number of imidazole rings is 1. The van der Waals surface area contributed by atoms with E-state index in [2.05, 4.69) is 38.2 Å². The first kappa shape index (κ1) is 14.4. The summed E-state index contributed by atoms with van der Waals surface area (Å²) in [5.41, 5.74) is 1.13. The Bertz CT molecular complexity index is 481. The van der Waals surface area contributed by atoms with Crippen LogP contribution in [0, 0.1) is 0 Å². The van der Waals surface area contributed by atoms with E-state index < -0.39 is 0 Å². The largest absolute Gasteiger partial charge is 0.385 e. The second kappa shape index (κ2) is 8.19. The maximum Gasteiger partial charge on any atom is 0.127 e. The Hall–Kier alpha value is -2.04. The lowest BCUT2D eigenvalue weighted by molar-refractivity contribution is 0.621. The molecule has 0 aliphatic carbocycles. The van der Waals surface area contributed by atoms with E-state index in [1.165, 1.54) is 0 Å². The molecule has 2 rings (SSSR count). The third-order valence-electron chi connectivity index (χ3n) is 3.05. The summed E-state index contributed by atoms with van der Waals surface area (Å²) in [4.78, 5) is 8.33. The van der Waals surface area contributed by atoms with Gasteiger partial charge in [0, 0.05) is 50.0 Å². The van der Waals surface area contributed by atoms with Crippen LogP contribution < -0.4 is 10.6 Å². The summed E-state index contributed by atoms with van der Waals surface area (Å²) in [6.07, 6.45) is 10.9. The second-order valence-electron chi connectivity index (χ2n) is 4.79. The van der Waals surface area contributed by atoms with Gasteiger partial charge in [0.1, 0.15) is 5.82 Å². The summed E-state index contributed by atoms with van der Waals surface area (Å²) in [5, 5.41) is 6.73. The summed E-state index contributed by atoms with van der Waals surface area (Å²) in [5.74, 6) is 0.940. The molecule has 0 fully saturated rings. The summed E-state index contributed by atoms with van der Waals surface area (Å²) in [6, 6.07) is 4.07. The van der Waals surface area contributed by atoms with Crippen LogP contribution in [-0.4, -0.2) is 27.6 Å². The van der Waals surface area contributed by atoms with Crippen molar-refractivity contribution in [3.63, 3.8) is 0 Å². The van der Waals surface area contributed by atoms with E-state index in [0.717, 1.165) is 50.4 Å². The minimum atomic E-state index is 0.940. The lowest BCUT2D eigenvalue weighted by atomic mass is 10.3. The minimum Gasteiger partial charge on any atom is -0.385 e. The van der Waals surface area contributed by atoms with Crippen LogP contribution in [-0.2, 0) is 6.54 Å². The van der Waals surface area contributed by atoms with Crippen molar-refractivity contribution in [1.29, 1.82) is 0 Å². The van der Waals surface area contributed by atoms with Gasteiger partial charge in [0.2, 0.25) is 0 Å². The SMILES string of the molecule is CCCNc1cc(NCCCCn2ccnc2)ccn1. The second-order valence-corrected chi connectivity index (χ2v) is 4.79. The first-order valence-electron chi connectivity index (χ1n) is 7.28. The van der Waals surface area contributed by atoms with E-state index in [0.29, 0.717) is 0 Å². The fourth-order valence-corrected chi connectivity index (χ4v) is 1.96. The lowest BCUT2D eigenvalue weighted by Gasteiger charge is -2.09. The molecule has 2 N–H and O–H groups in total. The van der Waals surface area contributed by atoms with Crippen molar-refractivity contribution in [1.82, 2.24) is 14.5 Å². The molecule has 0 atom stereocenters. The molecule has 0 aliphatic heterocycles. The zero-order valence-electron chi connectivity index (χ0n) is 12.0. The predicted octanol–water partition coefficient (Wildman–Crippen LogP) is 2.99. The average Bonchev–Trinajstić information content (AvgIpc) is 2.98. The van der Waals surface area contributed by atoms with Gasteiger partial charge in [-0.25, -0.2) is 9.97 Å². The number of unbranched alkanes of at least 4 members (excludes halogenated alkanes) is 1. The van der Waals surface area contributed by atoms with Crippen molar-refractivity contribution in [2.75, 3.05) is 23.7 Å². The smallest absolute Gasteiger partial charge is 0.127 e. The van der Waals surface area contributed by atoms with E-state index in [9.17, 15) is 0 Å². The van der Waals surface area contributed by atoms with Gasteiger partial charge in [0.25, 0.3) is 0 Å². The first-order chi connectivity index (χ1) is 9.88. The Morgan fingerprint density at radius 1 is 1.15 bits per heavy atom. The van der Waals surface area contributed by atoms with Gasteiger partial charge in [-0.05, 0) is 25.3 Å². The number of pyridine rings is 1. The van der Waals surface area contributed by atoms with Crippen LogP contribution in [0.4, 0.5) is 11.5 Å². The molecule has 2 heterocycles. The molecule has 5 heteroatoms. The van der Waals surface area contributed by atoms with Gasteiger partial charge in [-0.3, -0.25) is 0 Å². The number of anilines is 2. The molecule has 0 spiro atoms. The van der Waals surface area contributed by atoms with Crippen molar-refractivity contribution >= 4 is 11.5 Å². The van der Waals surface area contributed by atoms with E-state index in [4.69, 9.17) is 0 Å². The molecule has 5 nitrogen and oxygen atoms in total. The quantitative estimate of drug-likeness (QED) is 0.690. The van der Waals surface area contributed by atoms with Gasteiger partial charge in [-0.1, -0.05) is 6.92 Å². The minimum absolute atomic E-state index is 0.940. The zero-order valence-corrected chi connectivity index (χ0v) is 12.0. The van der Waals surface area contributed by atoms with Crippen molar-refractivity contribution in [3.05, 3.63) is 37.1 Å². The Kier molecular flexibility index (Phi) is 5.89. The molecule has 0 saturated carbocycles. The van der Waals surface area contributed by atoms with Gasteiger partial charge in [-0.2, -0.15) is 0 Å². The highest BCUT2D eigenvalue weighted by molar-refractivity contribution is 5.51. The van der Waals surface area contributed by atoms with Crippen LogP contribution in [0.25, 0.3) is 0 Å². The molecular weight excluding hydrogens is 250 g/mol. The molecule has 0 bridgehead atoms. The average molecular weight is 273 g/mol. The third-order valence-corrected chi connectivity index (χ3v) is 3.05. The van der Waals surface area contributed by atoms with Crippen molar-refractivity contribution in [2.45, 2.75) is 32.7 Å². The Morgan fingerprint density at radius 3 is 2.90 bits per heavy atom. The molecule has 0 aromatic carbocycles. The van der Waals surface area contributed by atoms with Crippen LogP contribution in [0.1, 0.15) is 26.2 Å². The van der Waals surface area contributed by atoms with Gasteiger partial charge in [-0.15, -0.1) is 0 Å². The fraction of sp³-hybridized carbons (Fsp3) is 0.467. The summed E-state index contributed by atoms with van der Waals surface area (Å²) in [6.45, 7) is 5.12. The lowest BCUT2D eigenvalue weighted by Crippen LogP contribution is -2.06. The standard InChI is InChI=1S/C15H23N5/c1-2-6-18-15-12-14(5-8-19-15)17-7-3-4-10-20-11-9-16-13-20/h5,8-9,11-13H,2-4,6-7,10H2,1H3,(H2,17,18,19). The number of hydrogen-bond donors (Lipinski definition) is 2. The number of aryl methyl sites for hydroxylation is 1. The molecule has 2 aromatic heterocycles. The summed E-state index contributed by atoms with van der Waals surface area (Å²) in [7, 11) is 0. The Labute approximate surface area is 120 Å². The molecule has 0 unspecified atom stereocenters. The fourth-order valence-electron chi connectivity index (χ4n) is 1.96.